The largest absolute Gasteiger partial charge is 0.306 e. The molecule has 2 rings (SSSR count). The van der Waals surface area contributed by atoms with Crippen LogP contribution in [0.15, 0.2) is 36.9 Å². The molecule has 2 aromatic heterocycles. The Morgan fingerprint density at radius 2 is 2.00 bits per heavy atom. The average Bonchev–Trinajstić information content (AvgIpc) is 2.30. The van der Waals surface area contributed by atoms with Gasteiger partial charge in [-0.05, 0) is 12.1 Å². The molecular weight excluding hydrogens is 228 g/mol. The summed E-state index contributed by atoms with van der Waals surface area (Å²) in [4.78, 5) is 23.1. The van der Waals surface area contributed by atoms with E-state index in [1.807, 2.05) is 0 Å². The molecule has 80 valence electrons. The molecule has 0 saturated heterocycles. The second-order valence-corrected chi connectivity index (χ2v) is 3.30. The van der Waals surface area contributed by atoms with Crippen LogP contribution in [0.4, 0.5) is 5.82 Å². The zero-order valence-electron chi connectivity index (χ0n) is 8.09. The molecule has 0 unspecified atom stereocenters. The third kappa shape index (κ3) is 2.52. The molecule has 5 nitrogen and oxygen atoms in total. The highest BCUT2D eigenvalue weighted by Crippen LogP contribution is 2.09. The average molecular weight is 235 g/mol. The molecule has 0 bridgehead atoms. The van der Waals surface area contributed by atoms with Crippen molar-refractivity contribution in [1.29, 1.82) is 0 Å². The lowest BCUT2D eigenvalue weighted by atomic mass is 10.2. The van der Waals surface area contributed by atoms with Crippen LogP contribution in [0.25, 0.3) is 0 Å². The van der Waals surface area contributed by atoms with Crippen molar-refractivity contribution in [2.45, 2.75) is 0 Å². The van der Waals surface area contributed by atoms with Gasteiger partial charge in [0, 0.05) is 24.0 Å². The maximum absolute atomic E-state index is 11.7. The molecule has 1 N–H and O–H groups in total. The third-order valence-corrected chi connectivity index (χ3v) is 2.02. The van der Waals surface area contributed by atoms with Crippen molar-refractivity contribution < 1.29 is 4.79 Å². The Labute approximate surface area is 96.5 Å². The Balaban J connectivity index is 2.14. The van der Waals surface area contributed by atoms with Crippen LogP contribution >= 0.6 is 11.6 Å². The van der Waals surface area contributed by atoms with Gasteiger partial charge in [-0.1, -0.05) is 11.6 Å². The van der Waals surface area contributed by atoms with Crippen molar-refractivity contribution in [1.82, 2.24) is 15.0 Å². The Hall–Kier alpha value is -2.01. The minimum Gasteiger partial charge on any atom is -0.306 e. The molecule has 6 heteroatoms. The van der Waals surface area contributed by atoms with Gasteiger partial charge in [-0.25, -0.2) is 9.97 Å². The van der Waals surface area contributed by atoms with Crippen LogP contribution in [0.5, 0.6) is 0 Å². The quantitative estimate of drug-likeness (QED) is 0.805. The molecule has 0 fully saturated rings. The number of rotatable bonds is 2. The minimum atomic E-state index is -0.267. The highest BCUT2D eigenvalue weighted by Gasteiger charge is 2.06. The summed E-state index contributed by atoms with van der Waals surface area (Å²) in [6.45, 7) is 0. The van der Waals surface area contributed by atoms with E-state index in [0.29, 0.717) is 11.4 Å². The number of amides is 1. The molecule has 0 aliphatic rings. The van der Waals surface area contributed by atoms with E-state index in [9.17, 15) is 4.79 Å². The van der Waals surface area contributed by atoms with E-state index in [-0.39, 0.29) is 11.1 Å². The summed E-state index contributed by atoms with van der Waals surface area (Å²) in [5.41, 5.74) is 0.504. The van der Waals surface area contributed by atoms with E-state index in [4.69, 9.17) is 11.6 Å². The summed E-state index contributed by atoms with van der Waals surface area (Å²) < 4.78 is 0. The molecule has 0 aliphatic carbocycles. The van der Waals surface area contributed by atoms with Gasteiger partial charge in [0.25, 0.3) is 5.91 Å². The molecule has 0 aliphatic heterocycles. The van der Waals surface area contributed by atoms with Gasteiger partial charge in [0.2, 0.25) is 0 Å². The normalized spacial score (nSPS) is 9.81. The van der Waals surface area contributed by atoms with E-state index in [0.717, 1.165) is 0 Å². The SMILES string of the molecule is O=C(Nc1cc(Cl)ncn1)c1ccncc1. The van der Waals surface area contributed by atoms with Crippen LogP contribution < -0.4 is 5.32 Å². The van der Waals surface area contributed by atoms with Gasteiger partial charge < -0.3 is 5.32 Å². The van der Waals surface area contributed by atoms with Crippen LogP contribution in [0, 0.1) is 0 Å². The third-order valence-electron chi connectivity index (χ3n) is 1.82. The fourth-order valence-corrected chi connectivity index (χ4v) is 1.24. The predicted molar refractivity (Wildman–Crippen MR) is 59.2 cm³/mol. The molecular formula is C10H7ClN4O. The van der Waals surface area contributed by atoms with Crippen molar-refractivity contribution in [3.05, 3.63) is 47.6 Å². The van der Waals surface area contributed by atoms with Crippen LogP contribution in [0.1, 0.15) is 10.4 Å². The number of nitrogens with zero attached hydrogens (tertiary/aromatic N) is 3. The lowest BCUT2D eigenvalue weighted by molar-refractivity contribution is 0.102. The summed E-state index contributed by atoms with van der Waals surface area (Å²) in [7, 11) is 0. The summed E-state index contributed by atoms with van der Waals surface area (Å²) in [5.74, 6) is 0.0963. The first-order valence-corrected chi connectivity index (χ1v) is 4.82. The van der Waals surface area contributed by atoms with Gasteiger partial charge in [0.1, 0.15) is 17.3 Å². The molecule has 2 heterocycles. The lowest BCUT2D eigenvalue weighted by Crippen LogP contribution is -2.12. The Kier molecular flexibility index (Phi) is 3.07. The summed E-state index contributed by atoms with van der Waals surface area (Å²) in [5, 5.41) is 2.87. The molecule has 0 aromatic carbocycles. The second kappa shape index (κ2) is 4.67. The zero-order chi connectivity index (χ0) is 11.4. The number of hydrogen-bond donors (Lipinski definition) is 1. The molecule has 2 aromatic rings. The Bertz CT molecular complexity index is 503. The highest BCUT2D eigenvalue weighted by atomic mass is 35.5. The molecule has 0 saturated carbocycles. The number of aromatic nitrogens is 3. The number of carbonyl (C=O) groups is 1. The number of hydrogen-bond acceptors (Lipinski definition) is 4. The van der Waals surface area contributed by atoms with E-state index in [1.54, 1.807) is 24.5 Å². The van der Waals surface area contributed by atoms with Crippen LogP contribution in [-0.2, 0) is 0 Å². The number of anilines is 1. The molecule has 0 spiro atoms. The van der Waals surface area contributed by atoms with E-state index in [2.05, 4.69) is 20.3 Å². The number of pyridine rings is 1. The van der Waals surface area contributed by atoms with E-state index in [1.165, 1.54) is 12.4 Å². The maximum atomic E-state index is 11.7. The van der Waals surface area contributed by atoms with E-state index >= 15 is 0 Å². The molecule has 0 radical (unpaired) electrons. The number of nitrogens with one attached hydrogen (secondary N) is 1. The number of carbonyl (C=O) groups excluding carboxylic acids is 1. The first-order valence-electron chi connectivity index (χ1n) is 4.44. The highest BCUT2D eigenvalue weighted by molar-refractivity contribution is 6.29. The Morgan fingerprint density at radius 3 is 2.69 bits per heavy atom. The van der Waals surface area contributed by atoms with Crippen molar-refractivity contribution in [3.63, 3.8) is 0 Å². The van der Waals surface area contributed by atoms with Gasteiger partial charge >= 0.3 is 0 Å². The summed E-state index contributed by atoms with van der Waals surface area (Å²) in [6, 6.07) is 4.69. The molecule has 16 heavy (non-hydrogen) atoms. The van der Waals surface area contributed by atoms with Crippen LogP contribution in [0.3, 0.4) is 0 Å². The van der Waals surface area contributed by atoms with Gasteiger partial charge in [0.15, 0.2) is 0 Å². The first kappa shape index (κ1) is 10.5. The van der Waals surface area contributed by atoms with Gasteiger partial charge in [-0.15, -0.1) is 0 Å². The summed E-state index contributed by atoms with van der Waals surface area (Å²) in [6.07, 6.45) is 4.37. The second-order valence-electron chi connectivity index (χ2n) is 2.92. The van der Waals surface area contributed by atoms with Gasteiger partial charge in [-0.2, -0.15) is 0 Å². The van der Waals surface area contributed by atoms with Crippen LogP contribution in [0.2, 0.25) is 5.15 Å². The van der Waals surface area contributed by atoms with Crippen molar-refractivity contribution in [2.75, 3.05) is 5.32 Å². The Morgan fingerprint density at radius 1 is 1.25 bits per heavy atom. The molecule has 1 amide bonds. The standard InChI is InChI=1S/C10H7ClN4O/c11-8-5-9(14-6-13-8)15-10(16)7-1-3-12-4-2-7/h1-6H,(H,13,14,15,16). The molecule has 0 atom stereocenters. The lowest BCUT2D eigenvalue weighted by Gasteiger charge is -2.03. The van der Waals surface area contributed by atoms with Gasteiger partial charge in [0.05, 0.1) is 0 Å². The fraction of sp³-hybridized carbons (Fsp3) is 0. The smallest absolute Gasteiger partial charge is 0.256 e. The van der Waals surface area contributed by atoms with E-state index < -0.39 is 0 Å². The van der Waals surface area contributed by atoms with Crippen molar-refractivity contribution in [3.8, 4) is 0 Å². The van der Waals surface area contributed by atoms with Crippen LogP contribution in [-0.4, -0.2) is 20.9 Å². The topological polar surface area (TPSA) is 67.8 Å². The minimum absolute atomic E-state index is 0.267. The predicted octanol–water partition coefficient (Wildman–Crippen LogP) is 1.78. The maximum Gasteiger partial charge on any atom is 0.256 e. The first-order chi connectivity index (χ1) is 7.75. The van der Waals surface area contributed by atoms with Gasteiger partial charge in [-0.3, -0.25) is 9.78 Å². The number of halogens is 1. The monoisotopic (exact) mass is 234 g/mol. The zero-order valence-corrected chi connectivity index (χ0v) is 8.85. The fourth-order valence-electron chi connectivity index (χ4n) is 1.09. The van der Waals surface area contributed by atoms with Crippen molar-refractivity contribution >= 4 is 23.3 Å². The summed E-state index contributed by atoms with van der Waals surface area (Å²) >= 11 is 5.66. The van der Waals surface area contributed by atoms with Crippen molar-refractivity contribution in [2.24, 2.45) is 0 Å².